The summed E-state index contributed by atoms with van der Waals surface area (Å²) in [4.78, 5) is 28.3. The molecule has 11 heteroatoms. The summed E-state index contributed by atoms with van der Waals surface area (Å²) >= 11 is 0. The number of carbonyl (C=O) groups is 2. The maximum atomic E-state index is 13.5. The topological polar surface area (TPSA) is 139 Å². The predicted octanol–water partition coefficient (Wildman–Crippen LogP) is 2.15. The van der Waals surface area contributed by atoms with Gasteiger partial charge < -0.3 is 25.1 Å². The Morgan fingerprint density at radius 2 is 1.26 bits per heavy atom. The number of carbonyl (C=O) groups excluding carboxylic acids is 2. The van der Waals surface area contributed by atoms with Crippen LogP contribution in [-0.4, -0.2) is 82.4 Å². The van der Waals surface area contributed by atoms with Gasteiger partial charge in [-0.05, 0) is 35.7 Å². The Morgan fingerprint density at radius 1 is 0.684 bits per heavy atom. The third-order valence-electron chi connectivity index (χ3n) is 7.03. The van der Waals surface area contributed by atoms with Crippen molar-refractivity contribution in [2.75, 3.05) is 32.7 Å². The van der Waals surface area contributed by atoms with Crippen LogP contribution in [0.1, 0.15) is 31.8 Å². The highest BCUT2D eigenvalue weighted by Crippen LogP contribution is 2.44. The van der Waals surface area contributed by atoms with Gasteiger partial charge in [0.15, 0.2) is 11.5 Å². The van der Waals surface area contributed by atoms with Crippen LogP contribution >= 0.6 is 0 Å². The molecule has 3 N–H and O–H groups in total. The number of piperazine rings is 1. The van der Waals surface area contributed by atoms with Gasteiger partial charge in [0, 0.05) is 44.8 Å². The van der Waals surface area contributed by atoms with E-state index in [0.717, 1.165) is 17.2 Å². The largest absolute Gasteiger partial charge is 0.504 e. The molecule has 2 aliphatic rings. The third-order valence-corrected chi connectivity index (χ3v) is 8.89. The lowest BCUT2D eigenvalue weighted by Gasteiger charge is -2.35. The van der Waals surface area contributed by atoms with Gasteiger partial charge in [-0.1, -0.05) is 42.5 Å². The smallest absolute Gasteiger partial charge is 0.257 e. The van der Waals surface area contributed by atoms with Gasteiger partial charge >= 0.3 is 0 Å². The number of phenolic OH excluding ortho intramolecular Hbond substituents is 3. The molecule has 0 bridgehead atoms. The second-order valence-electron chi connectivity index (χ2n) is 9.28. The van der Waals surface area contributed by atoms with E-state index in [1.165, 1.54) is 9.21 Å². The standard InChI is InChI=1S/C27H27N3O7S/c31-23-21(27(35)29-14-12-28(13-15-29)26(34)19-7-2-1-3-8-19)16-22(24(32)25(23)33)38(36,37)30-11-10-18-6-4-5-9-20(18)17-30/h1-9,16,31-33H,10-15,17H2. The van der Waals surface area contributed by atoms with Crippen molar-refractivity contribution < 1.29 is 33.3 Å². The van der Waals surface area contributed by atoms with Crippen molar-refractivity contribution in [1.82, 2.24) is 14.1 Å². The van der Waals surface area contributed by atoms with Gasteiger partial charge in [-0.25, -0.2) is 8.42 Å². The van der Waals surface area contributed by atoms with Crippen LogP contribution in [0.25, 0.3) is 0 Å². The van der Waals surface area contributed by atoms with Crippen LogP contribution < -0.4 is 0 Å². The summed E-state index contributed by atoms with van der Waals surface area (Å²) in [6, 6.07) is 17.1. The van der Waals surface area contributed by atoms with Crippen LogP contribution in [0, 0.1) is 0 Å². The Bertz CT molecular complexity index is 1500. The molecule has 0 unspecified atom stereocenters. The molecule has 0 aliphatic carbocycles. The van der Waals surface area contributed by atoms with Gasteiger partial charge in [0.25, 0.3) is 11.8 Å². The van der Waals surface area contributed by atoms with Crippen molar-refractivity contribution in [2.24, 2.45) is 0 Å². The Morgan fingerprint density at radius 3 is 1.92 bits per heavy atom. The van der Waals surface area contributed by atoms with Crippen LogP contribution in [0.4, 0.5) is 0 Å². The first-order valence-corrected chi connectivity index (χ1v) is 13.6. The van der Waals surface area contributed by atoms with Crippen LogP contribution in [0.5, 0.6) is 17.2 Å². The number of rotatable bonds is 4. The number of phenols is 3. The molecule has 1 saturated heterocycles. The van der Waals surface area contributed by atoms with Crippen molar-refractivity contribution in [1.29, 1.82) is 0 Å². The molecule has 0 atom stereocenters. The summed E-state index contributed by atoms with van der Waals surface area (Å²) in [7, 11) is -4.32. The van der Waals surface area contributed by atoms with Crippen molar-refractivity contribution >= 4 is 21.8 Å². The molecule has 5 rings (SSSR count). The first kappa shape index (κ1) is 25.6. The lowest BCUT2D eigenvalue weighted by Crippen LogP contribution is -2.50. The Kier molecular flexibility index (Phi) is 6.72. The number of nitrogens with zero attached hydrogens (tertiary/aromatic N) is 3. The Labute approximate surface area is 220 Å². The van der Waals surface area contributed by atoms with E-state index in [4.69, 9.17) is 0 Å². The maximum absolute atomic E-state index is 13.5. The van der Waals surface area contributed by atoms with Crippen LogP contribution in [-0.2, 0) is 23.0 Å². The second kappa shape index (κ2) is 9.99. The fourth-order valence-electron chi connectivity index (χ4n) is 4.84. The molecule has 10 nitrogen and oxygen atoms in total. The average molecular weight is 538 g/mol. The van der Waals surface area contributed by atoms with Gasteiger partial charge in [0.05, 0.1) is 5.56 Å². The summed E-state index contributed by atoms with van der Waals surface area (Å²) in [5.41, 5.74) is 1.93. The second-order valence-corrected chi connectivity index (χ2v) is 11.2. The first-order valence-electron chi connectivity index (χ1n) is 12.2. The van der Waals surface area contributed by atoms with Crippen molar-refractivity contribution in [3.05, 3.63) is 82.9 Å². The minimum Gasteiger partial charge on any atom is -0.504 e. The van der Waals surface area contributed by atoms with Crippen LogP contribution in [0.15, 0.2) is 65.6 Å². The molecule has 198 valence electrons. The summed E-state index contributed by atoms with van der Waals surface area (Å²) in [5.74, 6) is -3.89. The fourth-order valence-corrected chi connectivity index (χ4v) is 6.37. The molecule has 1 fully saturated rings. The van der Waals surface area contributed by atoms with Gasteiger partial charge in [0.1, 0.15) is 4.90 Å². The molecule has 0 saturated carbocycles. The minimum absolute atomic E-state index is 0.0697. The molecule has 3 aromatic rings. The first-order chi connectivity index (χ1) is 18.2. The SMILES string of the molecule is O=C(c1ccccc1)N1CCN(C(=O)c2cc(S(=O)(=O)N3CCc4ccccc4C3)c(O)c(O)c2O)CC1. The molecule has 2 heterocycles. The zero-order valence-electron chi connectivity index (χ0n) is 20.4. The molecule has 0 spiro atoms. The third kappa shape index (κ3) is 4.54. The van der Waals surface area contributed by atoms with E-state index < -0.39 is 43.6 Å². The van der Waals surface area contributed by atoms with E-state index in [2.05, 4.69) is 0 Å². The summed E-state index contributed by atoms with van der Waals surface area (Å²) in [5, 5.41) is 31.3. The van der Waals surface area contributed by atoms with Crippen molar-refractivity contribution in [3.63, 3.8) is 0 Å². The van der Waals surface area contributed by atoms with Crippen molar-refractivity contribution in [3.8, 4) is 17.2 Å². The summed E-state index contributed by atoms with van der Waals surface area (Å²) in [6.45, 7) is 0.986. The zero-order valence-corrected chi connectivity index (χ0v) is 21.3. The molecule has 0 radical (unpaired) electrons. The quantitative estimate of drug-likeness (QED) is 0.434. The average Bonchev–Trinajstić information content (AvgIpc) is 2.95. The Hall–Kier alpha value is -4.09. The van der Waals surface area contributed by atoms with E-state index in [1.807, 2.05) is 30.3 Å². The predicted molar refractivity (Wildman–Crippen MR) is 137 cm³/mol. The monoisotopic (exact) mass is 537 g/mol. The fraction of sp³-hybridized carbons (Fsp3) is 0.259. The Balaban J connectivity index is 1.38. The number of hydrogen-bond acceptors (Lipinski definition) is 7. The number of hydrogen-bond donors (Lipinski definition) is 3. The van der Waals surface area contributed by atoms with E-state index in [0.29, 0.717) is 12.0 Å². The molecular formula is C27H27N3O7S. The number of fused-ring (bicyclic) bond motifs is 1. The number of amides is 2. The number of sulfonamides is 1. The molecule has 0 aromatic heterocycles. The maximum Gasteiger partial charge on any atom is 0.257 e. The molecular weight excluding hydrogens is 510 g/mol. The molecule has 2 amide bonds. The highest BCUT2D eigenvalue weighted by atomic mass is 32.2. The van der Waals surface area contributed by atoms with Crippen LogP contribution in [0.3, 0.4) is 0 Å². The van der Waals surface area contributed by atoms with E-state index in [-0.39, 0.29) is 45.2 Å². The van der Waals surface area contributed by atoms with Crippen molar-refractivity contribution in [2.45, 2.75) is 17.9 Å². The lowest BCUT2D eigenvalue weighted by molar-refractivity contribution is 0.0533. The summed E-state index contributed by atoms with van der Waals surface area (Å²) in [6.07, 6.45) is 0.470. The van der Waals surface area contributed by atoms with Gasteiger partial charge in [-0.15, -0.1) is 0 Å². The van der Waals surface area contributed by atoms with E-state index in [9.17, 15) is 33.3 Å². The molecule has 2 aliphatic heterocycles. The van der Waals surface area contributed by atoms with Gasteiger partial charge in [0.2, 0.25) is 15.8 Å². The van der Waals surface area contributed by atoms with Gasteiger partial charge in [-0.2, -0.15) is 4.31 Å². The van der Waals surface area contributed by atoms with Gasteiger partial charge in [-0.3, -0.25) is 9.59 Å². The normalized spacial score (nSPS) is 16.2. The summed E-state index contributed by atoms with van der Waals surface area (Å²) < 4.78 is 28.1. The molecule has 38 heavy (non-hydrogen) atoms. The zero-order chi connectivity index (χ0) is 27.0. The highest BCUT2D eigenvalue weighted by Gasteiger charge is 2.35. The number of benzene rings is 3. The van der Waals surface area contributed by atoms with Crippen LogP contribution in [0.2, 0.25) is 0 Å². The molecule has 3 aromatic carbocycles. The van der Waals surface area contributed by atoms with E-state index >= 15 is 0 Å². The lowest BCUT2D eigenvalue weighted by atomic mass is 10.0. The minimum atomic E-state index is -4.32. The number of aromatic hydroxyl groups is 3. The highest BCUT2D eigenvalue weighted by molar-refractivity contribution is 7.89. The van der Waals surface area contributed by atoms with E-state index in [1.54, 1.807) is 29.2 Å².